The van der Waals surface area contributed by atoms with Crippen molar-refractivity contribution in [2.75, 3.05) is 5.73 Å². The number of halogens is 1. The summed E-state index contributed by atoms with van der Waals surface area (Å²) < 4.78 is 0.840. The molecule has 0 atom stereocenters. The molecular formula is C16H13BrN4. The van der Waals surface area contributed by atoms with Crippen molar-refractivity contribution >= 4 is 21.7 Å². The first kappa shape index (κ1) is 13.7. The molecule has 5 heteroatoms. The standard InChI is InChI=1S/C16H13BrN4/c1-10-13(11-6-3-2-4-7-11)20-16(21-15(10)18)14-12(17)8-5-9-19-14/h2-9H,1H3,(H2,18,20,21). The smallest absolute Gasteiger partial charge is 0.181 e. The van der Waals surface area contributed by atoms with Crippen molar-refractivity contribution in [3.8, 4) is 22.8 Å². The lowest BCUT2D eigenvalue weighted by molar-refractivity contribution is 1.12. The van der Waals surface area contributed by atoms with Gasteiger partial charge >= 0.3 is 0 Å². The van der Waals surface area contributed by atoms with Gasteiger partial charge in [0.15, 0.2) is 5.82 Å². The van der Waals surface area contributed by atoms with E-state index in [1.807, 2.05) is 49.4 Å². The summed E-state index contributed by atoms with van der Waals surface area (Å²) in [5, 5.41) is 0. The number of hydrogen-bond acceptors (Lipinski definition) is 4. The van der Waals surface area contributed by atoms with E-state index in [2.05, 4.69) is 30.9 Å². The van der Waals surface area contributed by atoms with Gasteiger partial charge in [-0.15, -0.1) is 0 Å². The van der Waals surface area contributed by atoms with Gasteiger partial charge in [-0.1, -0.05) is 30.3 Å². The van der Waals surface area contributed by atoms with Gasteiger partial charge in [0.2, 0.25) is 0 Å². The predicted octanol–water partition coefficient (Wildman–Crippen LogP) is 3.86. The molecule has 21 heavy (non-hydrogen) atoms. The summed E-state index contributed by atoms with van der Waals surface area (Å²) in [6.07, 6.45) is 1.71. The third-order valence-corrected chi connectivity index (χ3v) is 3.84. The van der Waals surface area contributed by atoms with E-state index in [9.17, 15) is 0 Å². The molecule has 3 aromatic rings. The van der Waals surface area contributed by atoms with Crippen LogP contribution in [0.5, 0.6) is 0 Å². The van der Waals surface area contributed by atoms with Crippen LogP contribution in [-0.4, -0.2) is 15.0 Å². The Morgan fingerprint density at radius 2 is 1.71 bits per heavy atom. The van der Waals surface area contributed by atoms with Crippen molar-refractivity contribution < 1.29 is 0 Å². The van der Waals surface area contributed by atoms with Crippen molar-refractivity contribution in [1.29, 1.82) is 0 Å². The number of nitrogens with zero attached hydrogens (tertiary/aromatic N) is 3. The van der Waals surface area contributed by atoms with Crippen LogP contribution in [0.25, 0.3) is 22.8 Å². The number of nitrogen functional groups attached to an aromatic ring is 1. The largest absolute Gasteiger partial charge is 0.383 e. The molecule has 2 N–H and O–H groups in total. The molecule has 0 spiro atoms. The summed E-state index contributed by atoms with van der Waals surface area (Å²) in [6.45, 7) is 1.93. The molecule has 0 saturated heterocycles. The minimum Gasteiger partial charge on any atom is -0.383 e. The van der Waals surface area contributed by atoms with Crippen LogP contribution < -0.4 is 5.73 Å². The number of rotatable bonds is 2. The molecule has 4 nitrogen and oxygen atoms in total. The van der Waals surface area contributed by atoms with E-state index >= 15 is 0 Å². The zero-order valence-corrected chi connectivity index (χ0v) is 13.0. The Bertz CT molecular complexity index is 788. The van der Waals surface area contributed by atoms with Crippen molar-refractivity contribution in [2.24, 2.45) is 0 Å². The van der Waals surface area contributed by atoms with Gasteiger partial charge in [-0.3, -0.25) is 4.98 Å². The quantitative estimate of drug-likeness (QED) is 0.769. The van der Waals surface area contributed by atoms with Crippen LogP contribution in [0.3, 0.4) is 0 Å². The van der Waals surface area contributed by atoms with Crippen LogP contribution in [-0.2, 0) is 0 Å². The number of aromatic nitrogens is 3. The molecule has 0 radical (unpaired) electrons. The molecule has 1 aromatic carbocycles. The second kappa shape index (κ2) is 5.61. The highest BCUT2D eigenvalue weighted by atomic mass is 79.9. The Kier molecular flexibility index (Phi) is 3.66. The molecule has 0 bridgehead atoms. The normalized spacial score (nSPS) is 10.6. The number of hydrogen-bond donors (Lipinski definition) is 1. The molecule has 0 aliphatic rings. The summed E-state index contributed by atoms with van der Waals surface area (Å²) >= 11 is 3.47. The molecule has 104 valence electrons. The van der Waals surface area contributed by atoms with E-state index in [1.165, 1.54) is 0 Å². The van der Waals surface area contributed by atoms with Gasteiger partial charge in [0, 0.05) is 21.8 Å². The summed E-state index contributed by atoms with van der Waals surface area (Å²) in [6, 6.07) is 13.7. The third kappa shape index (κ3) is 2.64. The average Bonchev–Trinajstić information content (AvgIpc) is 2.51. The van der Waals surface area contributed by atoms with Gasteiger partial charge in [0.25, 0.3) is 0 Å². The van der Waals surface area contributed by atoms with Crippen LogP contribution in [0.2, 0.25) is 0 Å². The number of benzene rings is 1. The van der Waals surface area contributed by atoms with Gasteiger partial charge < -0.3 is 5.73 Å². The second-order valence-corrected chi connectivity index (χ2v) is 5.46. The van der Waals surface area contributed by atoms with Crippen LogP contribution in [0.15, 0.2) is 53.1 Å². The maximum absolute atomic E-state index is 6.05. The number of nitrogens with two attached hydrogens (primary N) is 1. The number of anilines is 1. The van der Waals surface area contributed by atoms with E-state index in [4.69, 9.17) is 5.73 Å². The van der Waals surface area contributed by atoms with E-state index in [0.29, 0.717) is 17.3 Å². The summed E-state index contributed by atoms with van der Waals surface area (Å²) in [5.41, 5.74) is 9.45. The van der Waals surface area contributed by atoms with Crippen LogP contribution in [0.1, 0.15) is 5.56 Å². The molecule has 0 aliphatic heterocycles. The highest BCUT2D eigenvalue weighted by molar-refractivity contribution is 9.10. The fraction of sp³-hybridized carbons (Fsp3) is 0.0625. The Hall–Kier alpha value is -2.27. The van der Waals surface area contributed by atoms with E-state index in [-0.39, 0.29) is 0 Å². The van der Waals surface area contributed by atoms with E-state index in [1.54, 1.807) is 6.20 Å². The average molecular weight is 341 g/mol. The first-order valence-electron chi connectivity index (χ1n) is 6.47. The van der Waals surface area contributed by atoms with Gasteiger partial charge in [0.1, 0.15) is 11.5 Å². The van der Waals surface area contributed by atoms with E-state index < -0.39 is 0 Å². The van der Waals surface area contributed by atoms with Crippen molar-refractivity contribution in [3.63, 3.8) is 0 Å². The van der Waals surface area contributed by atoms with Crippen LogP contribution in [0, 0.1) is 6.92 Å². The summed E-state index contributed by atoms with van der Waals surface area (Å²) in [4.78, 5) is 13.3. The lowest BCUT2D eigenvalue weighted by Crippen LogP contribution is -2.03. The molecule has 3 rings (SSSR count). The van der Waals surface area contributed by atoms with Crippen LogP contribution in [0.4, 0.5) is 5.82 Å². The Balaban J connectivity index is 2.22. The first-order valence-corrected chi connectivity index (χ1v) is 7.26. The zero-order chi connectivity index (χ0) is 14.8. The minimum atomic E-state index is 0.469. The third-order valence-electron chi connectivity index (χ3n) is 3.20. The van der Waals surface area contributed by atoms with Crippen molar-refractivity contribution in [3.05, 3.63) is 58.7 Å². The molecule has 0 fully saturated rings. The molecule has 0 amide bonds. The van der Waals surface area contributed by atoms with Crippen molar-refractivity contribution in [1.82, 2.24) is 15.0 Å². The van der Waals surface area contributed by atoms with Gasteiger partial charge in [-0.25, -0.2) is 9.97 Å². The second-order valence-electron chi connectivity index (χ2n) is 4.61. The zero-order valence-electron chi connectivity index (χ0n) is 11.4. The minimum absolute atomic E-state index is 0.469. The highest BCUT2D eigenvalue weighted by Gasteiger charge is 2.14. The molecule has 0 unspecified atom stereocenters. The fourth-order valence-electron chi connectivity index (χ4n) is 2.07. The Morgan fingerprint density at radius 1 is 0.952 bits per heavy atom. The van der Waals surface area contributed by atoms with E-state index in [0.717, 1.165) is 21.3 Å². The Labute approximate surface area is 131 Å². The predicted molar refractivity (Wildman–Crippen MR) is 87.5 cm³/mol. The Morgan fingerprint density at radius 3 is 2.43 bits per heavy atom. The SMILES string of the molecule is Cc1c(N)nc(-c2ncccc2Br)nc1-c1ccccc1. The summed E-state index contributed by atoms with van der Waals surface area (Å²) in [5.74, 6) is 0.987. The van der Waals surface area contributed by atoms with Gasteiger partial charge in [-0.05, 0) is 35.0 Å². The topological polar surface area (TPSA) is 64.7 Å². The van der Waals surface area contributed by atoms with Crippen molar-refractivity contribution in [2.45, 2.75) is 6.92 Å². The van der Waals surface area contributed by atoms with Crippen LogP contribution >= 0.6 is 15.9 Å². The maximum Gasteiger partial charge on any atom is 0.181 e. The fourth-order valence-corrected chi connectivity index (χ4v) is 2.50. The highest BCUT2D eigenvalue weighted by Crippen LogP contribution is 2.29. The lowest BCUT2D eigenvalue weighted by atomic mass is 10.1. The molecular weight excluding hydrogens is 328 g/mol. The monoisotopic (exact) mass is 340 g/mol. The molecule has 0 aliphatic carbocycles. The molecule has 0 saturated carbocycles. The van der Waals surface area contributed by atoms with Gasteiger partial charge in [0.05, 0.1) is 5.69 Å². The lowest BCUT2D eigenvalue weighted by Gasteiger charge is -2.10. The molecule has 2 heterocycles. The number of pyridine rings is 1. The summed E-state index contributed by atoms with van der Waals surface area (Å²) in [7, 11) is 0. The van der Waals surface area contributed by atoms with Gasteiger partial charge in [-0.2, -0.15) is 0 Å². The maximum atomic E-state index is 6.05. The molecule has 2 aromatic heterocycles. The first-order chi connectivity index (χ1) is 10.2.